The molecule has 3 N–H and O–H groups in total. The van der Waals surface area contributed by atoms with Crippen LogP contribution in [0.25, 0.3) is 0 Å². The monoisotopic (exact) mass is 238 g/mol. The maximum atomic E-state index is 9.52. The molecule has 0 saturated heterocycles. The van der Waals surface area contributed by atoms with Crippen LogP contribution in [0.5, 0.6) is 0 Å². The molecule has 0 bridgehead atoms. The largest absolute Gasteiger partial charge is 0.478 e. The molecular formula is C9H24NO4Si+. The average molecular weight is 238 g/mol. The zero-order chi connectivity index (χ0) is 11.9. The SMILES string of the molecule is CCC(O)C[N+](C)(C)CCCO[SiH](O)O. The zero-order valence-corrected chi connectivity index (χ0v) is 11.0. The lowest BCUT2D eigenvalue weighted by molar-refractivity contribution is -0.893. The highest BCUT2D eigenvalue weighted by atomic mass is 28.3. The number of likely N-dealkylation sites (N-methyl/N-ethyl adjacent to an activating group) is 1. The minimum absolute atomic E-state index is 0.265. The van der Waals surface area contributed by atoms with E-state index in [-0.39, 0.29) is 6.10 Å². The summed E-state index contributed by atoms with van der Waals surface area (Å²) in [5, 5.41) is 9.52. The van der Waals surface area contributed by atoms with E-state index in [2.05, 4.69) is 0 Å². The summed E-state index contributed by atoms with van der Waals surface area (Å²) >= 11 is 0. The molecule has 0 aliphatic carbocycles. The molecule has 5 nitrogen and oxygen atoms in total. The van der Waals surface area contributed by atoms with Crippen molar-refractivity contribution in [1.29, 1.82) is 0 Å². The van der Waals surface area contributed by atoms with Crippen molar-refractivity contribution in [3.05, 3.63) is 0 Å². The molecule has 0 aromatic carbocycles. The Morgan fingerprint density at radius 3 is 2.40 bits per heavy atom. The van der Waals surface area contributed by atoms with Crippen LogP contribution in [0.2, 0.25) is 0 Å². The van der Waals surface area contributed by atoms with E-state index in [0.717, 1.165) is 30.4 Å². The lowest BCUT2D eigenvalue weighted by Gasteiger charge is -2.31. The van der Waals surface area contributed by atoms with E-state index in [4.69, 9.17) is 14.0 Å². The van der Waals surface area contributed by atoms with E-state index in [1.54, 1.807) is 0 Å². The highest BCUT2D eigenvalue weighted by Crippen LogP contribution is 2.04. The summed E-state index contributed by atoms with van der Waals surface area (Å²) < 4.78 is 5.47. The molecule has 0 fully saturated rings. The first kappa shape index (κ1) is 15.0. The lowest BCUT2D eigenvalue weighted by atomic mass is 10.2. The Morgan fingerprint density at radius 1 is 1.33 bits per heavy atom. The Kier molecular flexibility index (Phi) is 7.32. The molecular weight excluding hydrogens is 214 g/mol. The summed E-state index contributed by atoms with van der Waals surface area (Å²) in [6.45, 7) is 3.92. The quantitative estimate of drug-likeness (QED) is 0.286. The van der Waals surface area contributed by atoms with E-state index in [0.29, 0.717) is 6.61 Å². The number of rotatable bonds is 8. The van der Waals surface area contributed by atoms with Crippen LogP contribution in [-0.2, 0) is 4.43 Å². The Hall–Kier alpha value is 0.0169. The van der Waals surface area contributed by atoms with Crippen LogP contribution in [0.4, 0.5) is 0 Å². The second-order valence-electron chi connectivity index (χ2n) is 4.45. The Bertz CT molecular complexity index is 166. The second kappa shape index (κ2) is 7.32. The minimum atomic E-state index is -2.85. The summed E-state index contributed by atoms with van der Waals surface area (Å²) in [5.41, 5.74) is 0. The van der Waals surface area contributed by atoms with Gasteiger partial charge in [-0.1, -0.05) is 6.92 Å². The van der Waals surface area contributed by atoms with Crippen LogP contribution in [0.15, 0.2) is 0 Å². The van der Waals surface area contributed by atoms with Gasteiger partial charge in [0.2, 0.25) is 0 Å². The normalized spacial score (nSPS) is 14.6. The first-order valence-electron chi connectivity index (χ1n) is 5.35. The van der Waals surface area contributed by atoms with Gasteiger partial charge in [-0.3, -0.25) is 0 Å². The van der Waals surface area contributed by atoms with Crippen LogP contribution in [0.1, 0.15) is 19.8 Å². The lowest BCUT2D eigenvalue weighted by Crippen LogP contribution is -2.46. The fourth-order valence-electron chi connectivity index (χ4n) is 1.47. The van der Waals surface area contributed by atoms with Gasteiger partial charge in [0.1, 0.15) is 12.6 Å². The zero-order valence-electron chi connectivity index (χ0n) is 9.89. The third-order valence-corrected chi connectivity index (χ3v) is 2.88. The summed E-state index contributed by atoms with van der Waals surface area (Å²) in [7, 11) is 1.25. The molecule has 0 saturated carbocycles. The van der Waals surface area contributed by atoms with Gasteiger partial charge >= 0.3 is 9.53 Å². The smallest absolute Gasteiger partial charge is 0.392 e. The highest BCUT2D eigenvalue weighted by Gasteiger charge is 2.19. The molecule has 1 unspecified atom stereocenters. The number of nitrogens with zero attached hydrogens (tertiary/aromatic N) is 1. The van der Waals surface area contributed by atoms with Crippen molar-refractivity contribution < 1.29 is 23.6 Å². The molecule has 1 atom stereocenters. The van der Waals surface area contributed by atoms with E-state index in [1.165, 1.54) is 0 Å². The standard InChI is InChI=1S/C9H24NO4Si/c1-4-9(11)8-10(2,3)6-5-7-14-15(12)13/h9,11-13,15H,4-8H2,1-3H3/q+1. The van der Waals surface area contributed by atoms with E-state index in [9.17, 15) is 5.11 Å². The predicted molar refractivity (Wildman–Crippen MR) is 60.3 cm³/mol. The average Bonchev–Trinajstić information content (AvgIpc) is 2.11. The highest BCUT2D eigenvalue weighted by molar-refractivity contribution is 6.32. The molecule has 0 aromatic heterocycles. The number of quaternary nitrogens is 1. The van der Waals surface area contributed by atoms with Crippen LogP contribution in [0, 0.1) is 0 Å². The molecule has 0 aliphatic heterocycles. The molecule has 0 rings (SSSR count). The van der Waals surface area contributed by atoms with Gasteiger partial charge in [0.15, 0.2) is 0 Å². The molecule has 6 heteroatoms. The molecule has 0 aromatic rings. The maximum Gasteiger partial charge on any atom is 0.478 e. The van der Waals surface area contributed by atoms with Crippen LogP contribution in [0.3, 0.4) is 0 Å². The molecule has 0 amide bonds. The van der Waals surface area contributed by atoms with E-state index in [1.807, 2.05) is 21.0 Å². The van der Waals surface area contributed by atoms with Gasteiger partial charge in [0, 0.05) is 13.0 Å². The van der Waals surface area contributed by atoms with Gasteiger partial charge < -0.3 is 23.6 Å². The Labute approximate surface area is 93.5 Å². The first-order valence-corrected chi connectivity index (χ1v) is 6.85. The maximum absolute atomic E-state index is 9.52. The minimum Gasteiger partial charge on any atom is -0.392 e. The topological polar surface area (TPSA) is 69.9 Å². The molecule has 0 spiro atoms. The third kappa shape index (κ3) is 8.98. The van der Waals surface area contributed by atoms with Crippen molar-refractivity contribution in [3.63, 3.8) is 0 Å². The van der Waals surface area contributed by atoms with Crippen LogP contribution < -0.4 is 0 Å². The van der Waals surface area contributed by atoms with Crippen molar-refractivity contribution in [2.45, 2.75) is 25.9 Å². The third-order valence-electron chi connectivity index (χ3n) is 2.35. The van der Waals surface area contributed by atoms with Crippen LogP contribution in [-0.4, -0.2) is 68.6 Å². The summed E-state index contributed by atoms with van der Waals surface area (Å²) in [6.07, 6.45) is 1.27. The number of hydrogen-bond donors (Lipinski definition) is 3. The molecule has 0 heterocycles. The number of aliphatic hydroxyl groups excluding tert-OH is 1. The Balaban J connectivity index is 3.64. The van der Waals surface area contributed by atoms with Gasteiger partial charge in [-0.25, -0.2) is 0 Å². The first-order chi connectivity index (χ1) is 6.87. The van der Waals surface area contributed by atoms with Crippen molar-refractivity contribution in [1.82, 2.24) is 0 Å². The summed E-state index contributed by atoms with van der Waals surface area (Å²) in [5.74, 6) is 0. The van der Waals surface area contributed by atoms with Crippen molar-refractivity contribution in [2.24, 2.45) is 0 Å². The van der Waals surface area contributed by atoms with Gasteiger partial charge in [0.25, 0.3) is 0 Å². The van der Waals surface area contributed by atoms with Crippen molar-refractivity contribution >= 4 is 9.53 Å². The van der Waals surface area contributed by atoms with E-state index >= 15 is 0 Å². The molecule has 15 heavy (non-hydrogen) atoms. The molecule has 0 aliphatic rings. The van der Waals surface area contributed by atoms with Crippen LogP contribution >= 0.6 is 0 Å². The molecule has 92 valence electrons. The van der Waals surface area contributed by atoms with Crippen molar-refractivity contribution in [3.8, 4) is 0 Å². The summed E-state index contributed by atoms with van der Waals surface area (Å²) in [4.78, 5) is 17.2. The Morgan fingerprint density at radius 2 is 1.93 bits per heavy atom. The van der Waals surface area contributed by atoms with Gasteiger partial charge in [-0.05, 0) is 6.42 Å². The fourth-order valence-corrected chi connectivity index (χ4v) is 1.85. The summed E-state index contributed by atoms with van der Waals surface area (Å²) in [6, 6.07) is 0. The van der Waals surface area contributed by atoms with E-state index < -0.39 is 9.53 Å². The molecule has 0 radical (unpaired) electrons. The number of aliphatic hydroxyl groups is 1. The second-order valence-corrected chi connectivity index (χ2v) is 5.44. The fraction of sp³-hybridized carbons (Fsp3) is 1.00. The van der Waals surface area contributed by atoms with Gasteiger partial charge in [-0.15, -0.1) is 0 Å². The van der Waals surface area contributed by atoms with Crippen molar-refractivity contribution in [2.75, 3.05) is 33.8 Å². The number of hydrogen-bond acceptors (Lipinski definition) is 4. The van der Waals surface area contributed by atoms with Gasteiger partial charge in [0.05, 0.1) is 20.6 Å². The predicted octanol–water partition coefficient (Wildman–Crippen LogP) is -1.06. The van der Waals surface area contributed by atoms with Gasteiger partial charge in [-0.2, -0.15) is 0 Å².